The van der Waals surface area contributed by atoms with Crippen LogP contribution in [0.4, 0.5) is 5.69 Å². The van der Waals surface area contributed by atoms with Crippen LogP contribution in [-0.4, -0.2) is 20.8 Å². The molecule has 0 unspecified atom stereocenters. The van der Waals surface area contributed by atoms with E-state index in [0.717, 1.165) is 22.0 Å². The first-order valence-electron chi connectivity index (χ1n) is 7.70. The van der Waals surface area contributed by atoms with E-state index in [9.17, 15) is 4.79 Å². The summed E-state index contributed by atoms with van der Waals surface area (Å²) in [6.45, 7) is 2.45. The number of hydrogen-bond acceptors (Lipinski definition) is 5. The van der Waals surface area contributed by atoms with Crippen molar-refractivity contribution in [1.29, 1.82) is 0 Å². The summed E-state index contributed by atoms with van der Waals surface area (Å²) in [5.41, 5.74) is 3.39. The molecule has 0 saturated carbocycles. The van der Waals surface area contributed by atoms with Gasteiger partial charge in [0.15, 0.2) is 0 Å². The SMILES string of the molecule is Cc1nc([C@H]2Nc3ccccc3C(=O)N2Cc2cccnc2)cs1. The van der Waals surface area contributed by atoms with Gasteiger partial charge in [-0.3, -0.25) is 9.78 Å². The summed E-state index contributed by atoms with van der Waals surface area (Å²) >= 11 is 1.59. The Balaban J connectivity index is 1.75. The Labute approximate surface area is 144 Å². The number of hydrogen-bond donors (Lipinski definition) is 1. The first-order valence-corrected chi connectivity index (χ1v) is 8.58. The van der Waals surface area contributed by atoms with Gasteiger partial charge in [0.05, 0.1) is 16.3 Å². The van der Waals surface area contributed by atoms with Crippen LogP contribution in [0.3, 0.4) is 0 Å². The monoisotopic (exact) mass is 336 g/mol. The molecule has 4 rings (SSSR count). The highest BCUT2D eigenvalue weighted by atomic mass is 32.1. The summed E-state index contributed by atoms with van der Waals surface area (Å²) in [7, 11) is 0. The van der Waals surface area contributed by atoms with Crippen LogP contribution in [0.1, 0.15) is 32.8 Å². The first-order chi connectivity index (χ1) is 11.7. The van der Waals surface area contributed by atoms with E-state index in [-0.39, 0.29) is 12.1 Å². The molecule has 0 radical (unpaired) electrons. The Hall–Kier alpha value is -2.73. The number of benzene rings is 1. The molecule has 1 amide bonds. The molecule has 120 valence electrons. The second-order valence-corrected chi connectivity index (χ2v) is 6.74. The van der Waals surface area contributed by atoms with Crippen molar-refractivity contribution in [2.45, 2.75) is 19.6 Å². The number of fused-ring (bicyclic) bond motifs is 1. The lowest BCUT2D eigenvalue weighted by Crippen LogP contribution is -2.42. The van der Waals surface area contributed by atoms with Crippen molar-refractivity contribution in [3.63, 3.8) is 0 Å². The van der Waals surface area contributed by atoms with Crippen molar-refractivity contribution >= 4 is 22.9 Å². The number of aryl methyl sites for hydroxylation is 1. The summed E-state index contributed by atoms with van der Waals surface area (Å²) in [5, 5.41) is 6.45. The summed E-state index contributed by atoms with van der Waals surface area (Å²) < 4.78 is 0. The minimum atomic E-state index is -0.280. The molecule has 1 N–H and O–H groups in total. The quantitative estimate of drug-likeness (QED) is 0.794. The van der Waals surface area contributed by atoms with Gasteiger partial charge < -0.3 is 10.2 Å². The highest BCUT2D eigenvalue weighted by molar-refractivity contribution is 7.09. The molecule has 3 heterocycles. The molecular weight excluding hydrogens is 320 g/mol. The van der Waals surface area contributed by atoms with Gasteiger partial charge in [-0.2, -0.15) is 0 Å². The van der Waals surface area contributed by atoms with Crippen LogP contribution in [0.15, 0.2) is 54.2 Å². The molecule has 0 aliphatic carbocycles. The van der Waals surface area contributed by atoms with Crippen LogP contribution in [0, 0.1) is 6.92 Å². The zero-order valence-corrected chi connectivity index (χ0v) is 14.0. The predicted octanol–water partition coefficient (Wildman–Crippen LogP) is 3.61. The molecule has 1 aliphatic rings. The van der Waals surface area contributed by atoms with E-state index in [1.165, 1.54) is 0 Å². The number of carbonyl (C=O) groups is 1. The molecule has 0 fully saturated rings. The second kappa shape index (κ2) is 6.05. The zero-order chi connectivity index (χ0) is 16.5. The third kappa shape index (κ3) is 2.65. The Bertz CT molecular complexity index is 877. The first kappa shape index (κ1) is 14.8. The van der Waals surface area contributed by atoms with Gasteiger partial charge in [0, 0.05) is 30.0 Å². The van der Waals surface area contributed by atoms with Crippen LogP contribution in [0.2, 0.25) is 0 Å². The van der Waals surface area contributed by atoms with E-state index in [4.69, 9.17) is 0 Å². The number of aromatic nitrogens is 2. The Morgan fingerprint density at radius 1 is 1.25 bits per heavy atom. The summed E-state index contributed by atoms with van der Waals surface area (Å²) in [6.07, 6.45) is 3.24. The van der Waals surface area contributed by atoms with Crippen molar-refractivity contribution < 1.29 is 4.79 Å². The molecule has 1 aromatic carbocycles. The number of para-hydroxylation sites is 1. The summed E-state index contributed by atoms with van der Waals surface area (Å²) in [5.74, 6) is 0.00357. The van der Waals surface area contributed by atoms with Crippen molar-refractivity contribution in [2.24, 2.45) is 0 Å². The standard InChI is InChI=1S/C18H16N4OS/c1-12-20-16(11-24-12)17-21-15-7-3-2-6-14(15)18(23)22(17)10-13-5-4-8-19-9-13/h2-9,11,17,21H,10H2,1H3/t17-/m0/s1. The lowest BCUT2D eigenvalue weighted by atomic mass is 10.1. The van der Waals surface area contributed by atoms with E-state index in [0.29, 0.717) is 12.1 Å². The number of nitrogens with one attached hydrogen (secondary N) is 1. The van der Waals surface area contributed by atoms with E-state index < -0.39 is 0 Å². The molecule has 24 heavy (non-hydrogen) atoms. The maximum Gasteiger partial charge on any atom is 0.258 e. The maximum absolute atomic E-state index is 13.1. The number of thiazole rings is 1. The molecule has 0 bridgehead atoms. The minimum Gasteiger partial charge on any atom is -0.359 e. The minimum absolute atomic E-state index is 0.00357. The molecule has 1 atom stereocenters. The summed E-state index contributed by atoms with van der Waals surface area (Å²) in [4.78, 5) is 23.6. The highest BCUT2D eigenvalue weighted by Gasteiger charge is 2.34. The topological polar surface area (TPSA) is 58.1 Å². The number of anilines is 1. The van der Waals surface area contributed by atoms with Crippen LogP contribution in [-0.2, 0) is 6.54 Å². The van der Waals surface area contributed by atoms with Crippen molar-refractivity contribution in [3.8, 4) is 0 Å². The van der Waals surface area contributed by atoms with E-state index in [1.54, 1.807) is 23.7 Å². The van der Waals surface area contributed by atoms with Crippen LogP contribution < -0.4 is 5.32 Å². The number of carbonyl (C=O) groups excluding carboxylic acids is 1. The van der Waals surface area contributed by atoms with Gasteiger partial charge in [0.2, 0.25) is 0 Å². The van der Waals surface area contributed by atoms with Gasteiger partial charge in [-0.1, -0.05) is 18.2 Å². The van der Waals surface area contributed by atoms with Gasteiger partial charge in [-0.25, -0.2) is 4.98 Å². The molecule has 5 nitrogen and oxygen atoms in total. The molecular formula is C18H16N4OS. The Morgan fingerprint density at radius 3 is 2.88 bits per heavy atom. The molecule has 1 aliphatic heterocycles. The van der Waals surface area contributed by atoms with Crippen molar-refractivity contribution in [2.75, 3.05) is 5.32 Å². The Morgan fingerprint density at radius 2 is 2.12 bits per heavy atom. The fourth-order valence-electron chi connectivity index (χ4n) is 2.88. The average molecular weight is 336 g/mol. The van der Waals surface area contributed by atoms with Crippen LogP contribution in [0.25, 0.3) is 0 Å². The van der Waals surface area contributed by atoms with Gasteiger partial charge in [0.1, 0.15) is 6.17 Å². The maximum atomic E-state index is 13.1. The van der Waals surface area contributed by atoms with Crippen LogP contribution in [0.5, 0.6) is 0 Å². The lowest BCUT2D eigenvalue weighted by molar-refractivity contribution is 0.0663. The number of rotatable bonds is 3. The third-order valence-corrected chi connectivity index (χ3v) is 4.81. The number of nitrogens with zero attached hydrogens (tertiary/aromatic N) is 3. The Kier molecular flexibility index (Phi) is 3.74. The molecule has 0 saturated heterocycles. The fraction of sp³-hybridized carbons (Fsp3) is 0.167. The smallest absolute Gasteiger partial charge is 0.258 e. The third-order valence-electron chi connectivity index (χ3n) is 4.01. The van der Waals surface area contributed by atoms with Crippen LogP contribution >= 0.6 is 11.3 Å². The van der Waals surface area contributed by atoms with E-state index in [2.05, 4.69) is 15.3 Å². The second-order valence-electron chi connectivity index (χ2n) is 5.68. The van der Waals surface area contributed by atoms with Crippen molar-refractivity contribution in [3.05, 3.63) is 76.0 Å². The molecule has 3 aromatic rings. The van der Waals surface area contributed by atoms with Gasteiger partial charge in [-0.15, -0.1) is 11.3 Å². The summed E-state index contributed by atoms with van der Waals surface area (Å²) in [6, 6.07) is 11.5. The average Bonchev–Trinajstić information content (AvgIpc) is 3.04. The predicted molar refractivity (Wildman–Crippen MR) is 93.8 cm³/mol. The van der Waals surface area contributed by atoms with Crippen molar-refractivity contribution in [1.82, 2.24) is 14.9 Å². The van der Waals surface area contributed by atoms with Gasteiger partial charge in [-0.05, 0) is 30.7 Å². The highest BCUT2D eigenvalue weighted by Crippen LogP contribution is 2.34. The molecule has 6 heteroatoms. The largest absolute Gasteiger partial charge is 0.359 e. The lowest BCUT2D eigenvalue weighted by Gasteiger charge is -2.37. The normalized spacial score (nSPS) is 16.6. The van der Waals surface area contributed by atoms with Gasteiger partial charge >= 0.3 is 0 Å². The van der Waals surface area contributed by atoms with E-state index >= 15 is 0 Å². The number of amides is 1. The zero-order valence-electron chi connectivity index (χ0n) is 13.1. The molecule has 2 aromatic heterocycles. The van der Waals surface area contributed by atoms with E-state index in [1.807, 2.05) is 53.6 Å². The molecule has 0 spiro atoms. The van der Waals surface area contributed by atoms with Gasteiger partial charge in [0.25, 0.3) is 5.91 Å². The number of pyridine rings is 1. The fourth-order valence-corrected chi connectivity index (χ4v) is 3.51.